The van der Waals surface area contributed by atoms with E-state index < -0.39 is 0 Å². The number of nitrogens with one attached hydrogen (secondary N) is 1. The molecule has 0 saturated heterocycles. The van der Waals surface area contributed by atoms with Gasteiger partial charge in [-0.05, 0) is 12.1 Å². The first kappa shape index (κ1) is 11.0. The molecule has 0 amide bonds. The summed E-state index contributed by atoms with van der Waals surface area (Å²) in [6, 6.07) is 10.1. The minimum Gasteiger partial charge on any atom is -0.460 e. The fourth-order valence-corrected chi connectivity index (χ4v) is 1.88. The van der Waals surface area contributed by atoms with Crippen molar-refractivity contribution in [3.8, 4) is 0 Å². The van der Waals surface area contributed by atoms with Gasteiger partial charge < -0.3 is 9.73 Å². The molecule has 5 nitrogen and oxygen atoms in total. The van der Waals surface area contributed by atoms with Crippen LogP contribution in [0, 0.1) is 0 Å². The third-order valence-corrected chi connectivity index (χ3v) is 2.77. The molecule has 0 aliphatic carbocycles. The average Bonchev–Trinajstić information content (AvgIpc) is 3.03. The summed E-state index contributed by atoms with van der Waals surface area (Å²) < 4.78 is 7.51. The first-order valence-electron chi connectivity index (χ1n) is 5.94. The third kappa shape index (κ3) is 2.41. The summed E-state index contributed by atoms with van der Waals surface area (Å²) in [5, 5.41) is 12.1. The normalized spacial score (nSPS) is 11.1. The molecule has 0 aliphatic heterocycles. The number of furan rings is 1. The Labute approximate surface area is 104 Å². The molecule has 0 bridgehead atoms. The molecule has 3 rings (SSSR count). The Kier molecular flexibility index (Phi) is 3.06. The van der Waals surface area contributed by atoms with Crippen LogP contribution in [0.25, 0.3) is 11.0 Å². The van der Waals surface area contributed by atoms with E-state index in [1.54, 1.807) is 10.9 Å². The van der Waals surface area contributed by atoms with Crippen LogP contribution in [0.5, 0.6) is 0 Å². The van der Waals surface area contributed by atoms with E-state index in [4.69, 9.17) is 4.42 Å². The number of rotatable bonds is 5. The fraction of sp³-hybridized carbons (Fsp3) is 0.231. The van der Waals surface area contributed by atoms with E-state index in [0.717, 1.165) is 36.4 Å². The van der Waals surface area contributed by atoms with Crippen molar-refractivity contribution in [1.29, 1.82) is 0 Å². The Balaban J connectivity index is 1.53. The zero-order chi connectivity index (χ0) is 12.2. The molecule has 0 unspecified atom stereocenters. The molecule has 18 heavy (non-hydrogen) atoms. The van der Waals surface area contributed by atoms with Gasteiger partial charge in [-0.3, -0.25) is 4.68 Å². The van der Waals surface area contributed by atoms with Gasteiger partial charge in [0.05, 0.1) is 19.3 Å². The smallest absolute Gasteiger partial charge is 0.134 e. The van der Waals surface area contributed by atoms with Crippen molar-refractivity contribution in [1.82, 2.24) is 20.3 Å². The van der Waals surface area contributed by atoms with Gasteiger partial charge in [0.25, 0.3) is 0 Å². The van der Waals surface area contributed by atoms with E-state index in [0.29, 0.717) is 0 Å². The van der Waals surface area contributed by atoms with Crippen molar-refractivity contribution in [2.24, 2.45) is 0 Å². The van der Waals surface area contributed by atoms with Crippen molar-refractivity contribution >= 4 is 11.0 Å². The maximum absolute atomic E-state index is 5.71. The molecule has 1 N–H and O–H groups in total. The van der Waals surface area contributed by atoms with E-state index in [9.17, 15) is 0 Å². The van der Waals surface area contributed by atoms with Crippen molar-refractivity contribution in [2.75, 3.05) is 6.54 Å². The second-order valence-corrected chi connectivity index (χ2v) is 4.09. The van der Waals surface area contributed by atoms with Crippen LogP contribution in [0.15, 0.2) is 47.1 Å². The van der Waals surface area contributed by atoms with Crippen LogP contribution in [0.3, 0.4) is 0 Å². The maximum Gasteiger partial charge on any atom is 0.134 e. The largest absolute Gasteiger partial charge is 0.460 e. The minimum atomic E-state index is 0.726. The minimum absolute atomic E-state index is 0.726. The van der Waals surface area contributed by atoms with Gasteiger partial charge in [0, 0.05) is 18.1 Å². The van der Waals surface area contributed by atoms with Crippen LogP contribution in [0.1, 0.15) is 5.76 Å². The molecule has 2 aromatic heterocycles. The highest BCUT2D eigenvalue weighted by Crippen LogP contribution is 2.18. The van der Waals surface area contributed by atoms with Crippen LogP contribution in [-0.2, 0) is 13.1 Å². The highest BCUT2D eigenvalue weighted by atomic mass is 16.3. The first-order chi connectivity index (χ1) is 8.92. The summed E-state index contributed by atoms with van der Waals surface area (Å²) >= 11 is 0. The molecule has 3 aromatic rings. The lowest BCUT2D eigenvalue weighted by Crippen LogP contribution is -2.19. The van der Waals surface area contributed by atoms with Crippen molar-refractivity contribution in [3.63, 3.8) is 0 Å². The van der Waals surface area contributed by atoms with Crippen molar-refractivity contribution in [2.45, 2.75) is 13.1 Å². The molecule has 0 fully saturated rings. The zero-order valence-electron chi connectivity index (χ0n) is 9.91. The summed E-state index contributed by atoms with van der Waals surface area (Å²) in [6.45, 7) is 2.37. The van der Waals surface area contributed by atoms with Gasteiger partial charge in [-0.1, -0.05) is 23.4 Å². The molecule has 0 saturated carbocycles. The van der Waals surface area contributed by atoms with Crippen LogP contribution in [0.2, 0.25) is 0 Å². The second kappa shape index (κ2) is 5.01. The number of nitrogens with zero attached hydrogens (tertiary/aromatic N) is 3. The summed E-state index contributed by atoms with van der Waals surface area (Å²) in [4.78, 5) is 0. The SMILES string of the molecule is c1ccc2oc(CNCCn3ccnn3)cc2c1. The van der Waals surface area contributed by atoms with Gasteiger partial charge in [0.15, 0.2) is 0 Å². The monoisotopic (exact) mass is 242 g/mol. The van der Waals surface area contributed by atoms with Gasteiger partial charge in [0.2, 0.25) is 0 Å². The fourth-order valence-electron chi connectivity index (χ4n) is 1.88. The number of aromatic nitrogens is 3. The summed E-state index contributed by atoms with van der Waals surface area (Å²) in [7, 11) is 0. The lowest BCUT2D eigenvalue weighted by atomic mass is 10.2. The average molecular weight is 242 g/mol. The highest BCUT2D eigenvalue weighted by molar-refractivity contribution is 5.77. The van der Waals surface area contributed by atoms with Gasteiger partial charge in [-0.15, -0.1) is 5.10 Å². The maximum atomic E-state index is 5.71. The molecular formula is C13H14N4O. The molecule has 0 aliphatic rings. The first-order valence-corrected chi connectivity index (χ1v) is 5.94. The second-order valence-electron chi connectivity index (χ2n) is 4.09. The topological polar surface area (TPSA) is 55.9 Å². The lowest BCUT2D eigenvalue weighted by molar-refractivity contribution is 0.488. The van der Waals surface area contributed by atoms with E-state index in [2.05, 4.69) is 27.8 Å². The number of benzene rings is 1. The molecule has 92 valence electrons. The lowest BCUT2D eigenvalue weighted by Gasteiger charge is -2.01. The summed E-state index contributed by atoms with van der Waals surface area (Å²) in [5.74, 6) is 0.954. The predicted octanol–water partition coefficient (Wildman–Crippen LogP) is 1.81. The Morgan fingerprint density at radius 2 is 2.22 bits per heavy atom. The molecule has 2 heterocycles. The van der Waals surface area contributed by atoms with E-state index >= 15 is 0 Å². The number of para-hydroxylation sites is 1. The standard InChI is InChI=1S/C13H14N4O/c1-2-4-13-11(3-1)9-12(18-13)10-14-5-7-17-8-6-15-16-17/h1-4,6,8-9,14H,5,7,10H2. The molecule has 5 heteroatoms. The van der Waals surface area contributed by atoms with Gasteiger partial charge in [-0.25, -0.2) is 0 Å². The van der Waals surface area contributed by atoms with Gasteiger partial charge >= 0.3 is 0 Å². The predicted molar refractivity (Wildman–Crippen MR) is 67.9 cm³/mol. The van der Waals surface area contributed by atoms with E-state index in [1.807, 2.05) is 24.4 Å². The Morgan fingerprint density at radius 1 is 1.28 bits per heavy atom. The van der Waals surface area contributed by atoms with Crippen molar-refractivity contribution in [3.05, 3.63) is 48.5 Å². The Bertz CT molecular complexity index is 582. The number of hydrogen-bond donors (Lipinski definition) is 1. The highest BCUT2D eigenvalue weighted by Gasteiger charge is 2.02. The van der Waals surface area contributed by atoms with Crippen LogP contribution in [-0.4, -0.2) is 21.5 Å². The zero-order valence-corrected chi connectivity index (χ0v) is 9.91. The van der Waals surface area contributed by atoms with Crippen LogP contribution in [0.4, 0.5) is 0 Å². The molecule has 1 aromatic carbocycles. The Morgan fingerprint density at radius 3 is 3.06 bits per heavy atom. The Hall–Kier alpha value is -2.14. The molecular weight excluding hydrogens is 228 g/mol. The van der Waals surface area contributed by atoms with E-state index in [1.165, 1.54) is 0 Å². The van der Waals surface area contributed by atoms with Crippen LogP contribution < -0.4 is 5.32 Å². The summed E-state index contributed by atoms with van der Waals surface area (Å²) in [5.41, 5.74) is 0.936. The van der Waals surface area contributed by atoms with Crippen molar-refractivity contribution < 1.29 is 4.42 Å². The quantitative estimate of drug-likeness (QED) is 0.693. The number of fused-ring (bicyclic) bond motifs is 1. The molecule has 0 radical (unpaired) electrons. The molecule has 0 atom stereocenters. The van der Waals surface area contributed by atoms with E-state index in [-0.39, 0.29) is 0 Å². The molecule has 0 spiro atoms. The summed E-state index contributed by atoms with van der Waals surface area (Å²) in [6.07, 6.45) is 3.53. The van der Waals surface area contributed by atoms with Gasteiger partial charge in [0.1, 0.15) is 11.3 Å². The van der Waals surface area contributed by atoms with Crippen LogP contribution >= 0.6 is 0 Å². The number of hydrogen-bond acceptors (Lipinski definition) is 4. The third-order valence-electron chi connectivity index (χ3n) is 2.77. The van der Waals surface area contributed by atoms with Gasteiger partial charge in [-0.2, -0.15) is 0 Å².